The van der Waals surface area contributed by atoms with Crippen LogP contribution in [0.4, 0.5) is 0 Å². The number of carbonyl (C=O) groups is 2. The van der Waals surface area contributed by atoms with Gasteiger partial charge in [0.15, 0.2) is 0 Å². The van der Waals surface area contributed by atoms with E-state index in [2.05, 4.69) is 6.58 Å². The first-order valence-electron chi connectivity index (χ1n) is 5.10. The molecular formula is C12H18O2. The van der Waals surface area contributed by atoms with Crippen LogP contribution < -0.4 is 0 Å². The normalized spacial score (nSPS) is 37.6. The van der Waals surface area contributed by atoms with Gasteiger partial charge in [-0.2, -0.15) is 0 Å². The lowest BCUT2D eigenvalue weighted by molar-refractivity contribution is -0.127. The fraction of sp³-hybridized carbons (Fsp3) is 0.667. The van der Waals surface area contributed by atoms with Crippen molar-refractivity contribution < 1.29 is 9.59 Å². The molecule has 78 valence electrons. The van der Waals surface area contributed by atoms with Crippen molar-refractivity contribution in [2.75, 3.05) is 0 Å². The topological polar surface area (TPSA) is 34.1 Å². The van der Waals surface area contributed by atoms with Crippen LogP contribution in [-0.2, 0) is 9.59 Å². The zero-order chi connectivity index (χ0) is 10.8. The van der Waals surface area contributed by atoms with E-state index in [-0.39, 0.29) is 5.92 Å². The molecule has 0 amide bonds. The van der Waals surface area contributed by atoms with Gasteiger partial charge in [-0.05, 0) is 32.1 Å². The lowest BCUT2D eigenvalue weighted by Gasteiger charge is -2.38. The number of allylic oxidation sites excluding steroid dienone is 1. The fourth-order valence-electron chi connectivity index (χ4n) is 2.17. The molecule has 1 aliphatic rings. The van der Waals surface area contributed by atoms with Crippen molar-refractivity contribution in [1.29, 1.82) is 0 Å². The highest BCUT2D eigenvalue weighted by Crippen LogP contribution is 2.42. The summed E-state index contributed by atoms with van der Waals surface area (Å²) in [7, 11) is 0. The standard InChI is InChI=1S/C12H18O2/c1-9(2)10-4-5-12(3,8-14)11(6-10)7-13/h7-8,10-11H,1,4-6H2,2-3H3. The molecule has 2 nitrogen and oxygen atoms in total. The predicted octanol–water partition coefficient (Wildman–Crippen LogP) is 2.38. The third kappa shape index (κ3) is 1.94. The van der Waals surface area contributed by atoms with Crippen LogP contribution in [0.5, 0.6) is 0 Å². The summed E-state index contributed by atoms with van der Waals surface area (Å²) in [6.45, 7) is 7.80. The summed E-state index contributed by atoms with van der Waals surface area (Å²) in [4.78, 5) is 21.9. The average Bonchev–Trinajstić information content (AvgIpc) is 2.18. The van der Waals surface area contributed by atoms with Crippen molar-refractivity contribution in [1.82, 2.24) is 0 Å². The number of rotatable bonds is 3. The van der Waals surface area contributed by atoms with Crippen molar-refractivity contribution in [2.45, 2.75) is 33.1 Å². The second kappa shape index (κ2) is 4.07. The molecular weight excluding hydrogens is 176 g/mol. The van der Waals surface area contributed by atoms with E-state index in [4.69, 9.17) is 0 Å². The van der Waals surface area contributed by atoms with Crippen LogP contribution in [0.15, 0.2) is 12.2 Å². The third-order valence-electron chi connectivity index (χ3n) is 3.55. The van der Waals surface area contributed by atoms with E-state index < -0.39 is 5.41 Å². The molecule has 0 N–H and O–H groups in total. The van der Waals surface area contributed by atoms with E-state index in [0.717, 1.165) is 37.4 Å². The SMILES string of the molecule is C=C(C)C1CCC(C)(C=O)C(C=O)C1. The Bertz CT molecular complexity index is 257. The van der Waals surface area contributed by atoms with E-state index in [0.29, 0.717) is 5.92 Å². The average molecular weight is 194 g/mol. The molecule has 3 unspecified atom stereocenters. The monoisotopic (exact) mass is 194 g/mol. The minimum atomic E-state index is -0.437. The molecule has 3 atom stereocenters. The Morgan fingerprint density at radius 1 is 1.50 bits per heavy atom. The maximum Gasteiger partial charge on any atom is 0.126 e. The van der Waals surface area contributed by atoms with Crippen LogP contribution in [-0.4, -0.2) is 12.6 Å². The molecule has 0 bridgehead atoms. The van der Waals surface area contributed by atoms with Crippen LogP contribution in [0.2, 0.25) is 0 Å². The Morgan fingerprint density at radius 3 is 2.57 bits per heavy atom. The van der Waals surface area contributed by atoms with E-state index in [1.165, 1.54) is 0 Å². The summed E-state index contributed by atoms with van der Waals surface area (Å²) in [5, 5.41) is 0. The van der Waals surface area contributed by atoms with E-state index in [1.54, 1.807) is 0 Å². The van der Waals surface area contributed by atoms with Crippen LogP contribution in [0.25, 0.3) is 0 Å². The fourth-order valence-corrected chi connectivity index (χ4v) is 2.17. The predicted molar refractivity (Wildman–Crippen MR) is 55.9 cm³/mol. The van der Waals surface area contributed by atoms with Gasteiger partial charge in [0, 0.05) is 11.3 Å². The van der Waals surface area contributed by atoms with Gasteiger partial charge in [0.05, 0.1) is 0 Å². The molecule has 0 aromatic heterocycles. The Morgan fingerprint density at radius 2 is 2.14 bits per heavy atom. The van der Waals surface area contributed by atoms with E-state index in [9.17, 15) is 9.59 Å². The molecule has 1 rings (SSSR count). The zero-order valence-corrected chi connectivity index (χ0v) is 8.95. The van der Waals surface area contributed by atoms with Crippen LogP contribution in [0.1, 0.15) is 33.1 Å². The molecule has 14 heavy (non-hydrogen) atoms. The summed E-state index contributed by atoms with van der Waals surface area (Å²) < 4.78 is 0. The summed E-state index contributed by atoms with van der Waals surface area (Å²) >= 11 is 0. The molecule has 0 saturated heterocycles. The third-order valence-corrected chi connectivity index (χ3v) is 3.55. The molecule has 2 heteroatoms. The van der Waals surface area contributed by atoms with Gasteiger partial charge >= 0.3 is 0 Å². The minimum absolute atomic E-state index is 0.129. The minimum Gasteiger partial charge on any atom is -0.303 e. The lowest BCUT2D eigenvalue weighted by Crippen LogP contribution is -2.36. The quantitative estimate of drug-likeness (QED) is 0.510. The number of carbonyl (C=O) groups excluding carboxylic acids is 2. The maximum absolute atomic E-state index is 10.9. The Kier molecular flexibility index (Phi) is 3.25. The molecule has 0 aromatic carbocycles. The van der Waals surface area contributed by atoms with Crippen molar-refractivity contribution >= 4 is 12.6 Å². The molecule has 0 aromatic rings. The first-order valence-corrected chi connectivity index (χ1v) is 5.10. The van der Waals surface area contributed by atoms with Gasteiger partial charge in [0.2, 0.25) is 0 Å². The van der Waals surface area contributed by atoms with Crippen LogP contribution in [0.3, 0.4) is 0 Å². The Balaban J connectivity index is 2.78. The number of hydrogen-bond acceptors (Lipinski definition) is 2. The first kappa shape index (κ1) is 11.2. The molecule has 1 saturated carbocycles. The van der Waals surface area contributed by atoms with Crippen molar-refractivity contribution in [3.8, 4) is 0 Å². The smallest absolute Gasteiger partial charge is 0.126 e. The van der Waals surface area contributed by atoms with Gasteiger partial charge in [-0.15, -0.1) is 0 Å². The van der Waals surface area contributed by atoms with Gasteiger partial charge < -0.3 is 9.59 Å². The molecule has 1 fully saturated rings. The first-order chi connectivity index (χ1) is 6.53. The molecule has 0 heterocycles. The summed E-state index contributed by atoms with van der Waals surface area (Å²) in [5.41, 5.74) is 0.693. The van der Waals surface area contributed by atoms with Crippen LogP contribution >= 0.6 is 0 Å². The summed E-state index contributed by atoms with van der Waals surface area (Å²) in [6, 6.07) is 0. The van der Waals surface area contributed by atoms with Crippen molar-refractivity contribution in [3.05, 3.63) is 12.2 Å². The Labute approximate surface area is 85.4 Å². The highest BCUT2D eigenvalue weighted by molar-refractivity contribution is 5.69. The van der Waals surface area contributed by atoms with Crippen molar-refractivity contribution in [3.63, 3.8) is 0 Å². The largest absolute Gasteiger partial charge is 0.303 e. The number of aldehydes is 2. The zero-order valence-electron chi connectivity index (χ0n) is 8.95. The van der Waals surface area contributed by atoms with E-state index in [1.807, 2.05) is 13.8 Å². The molecule has 0 radical (unpaired) electrons. The van der Waals surface area contributed by atoms with Crippen LogP contribution in [0, 0.1) is 17.3 Å². The molecule has 0 spiro atoms. The molecule has 1 aliphatic carbocycles. The highest BCUT2D eigenvalue weighted by Gasteiger charge is 2.39. The van der Waals surface area contributed by atoms with Gasteiger partial charge in [-0.25, -0.2) is 0 Å². The van der Waals surface area contributed by atoms with Crippen molar-refractivity contribution in [2.24, 2.45) is 17.3 Å². The second-order valence-corrected chi connectivity index (χ2v) is 4.68. The molecule has 0 aliphatic heterocycles. The van der Waals surface area contributed by atoms with Gasteiger partial charge in [-0.3, -0.25) is 0 Å². The number of hydrogen-bond donors (Lipinski definition) is 0. The second-order valence-electron chi connectivity index (χ2n) is 4.68. The maximum atomic E-state index is 10.9. The van der Waals surface area contributed by atoms with Gasteiger partial charge in [0.1, 0.15) is 12.6 Å². The Hall–Kier alpha value is -0.920. The summed E-state index contributed by atoms with van der Waals surface area (Å²) in [6.07, 6.45) is 4.45. The van der Waals surface area contributed by atoms with Gasteiger partial charge in [-0.1, -0.05) is 19.1 Å². The van der Waals surface area contributed by atoms with E-state index >= 15 is 0 Å². The highest BCUT2D eigenvalue weighted by atomic mass is 16.1. The van der Waals surface area contributed by atoms with Gasteiger partial charge in [0.25, 0.3) is 0 Å². The summed E-state index contributed by atoms with van der Waals surface area (Å²) in [5.74, 6) is 0.286. The lowest BCUT2D eigenvalue weighted by atomic mass is 9.64.